The molecule has 3 aromatic rings. The van der Waals surface area contributed by atoms with E-state index in [2.05, 4.69) is 0 Å². The highest BCUT2D eigenvalue weighted by Crippen LogP contribution is 2.39. The number of benzene rings is 3. The van der Waals surface area contributed by atoms with Crippen LogP contribution < -0.4 is 8.92 Å². The van der Waals surface area contributed by atoms with Gasteiger partial charge in [-0.25, -0.2) is 0 Å². The van der Waals surface area contributed by atoms with Gasteiger partial charge in [0.25, 0.3) is 16.8 Å². The predicted octanol–water partition coefficient (Wildman–Crippen LogP) is 5.60. The van der Waals surface area contributed by atoms with E-state index in [1.165, 1.54) is 48.5 Å². The minimum atomic E-state index is -4.12. The van der Waals surface area contributed by atoms with E-state index in [1.54, 1.807) is 31.2 Å². The molecule has 0 saturated carbocycles. The molecule has 1 aliphatic heterocycles. The number of thioether (sulfide) groups is 1. The third-order valence-electron chi connectivity index (χ3n) is 5.22. The zero-order chi connectivity index (χ0) is 27.4. The molecule has 13 heteroatoms. The smallest absolute Gasteiger partial charge is 0.339 e. The molecule has 1 fully saturated rings. The SMILES string of the molecule is CCOc1cc(/C=C2\SC(=O)N(Cc3ccc([N+](=O)[O-])cc3)C2=O)cc(I)c1OS(=O)(=O)c1ccccc1. The number of nitro benzene ring substituents is 1. The minimum Gasteiger partial charge on any atom is -0.490 e. The number of carbonyl (C=O) groups excluding carboxylic acids is 2. The molecular weight excluding hydrogens is 647 g/mol. The van der Waals surface area contributed by atoms with Crippen LogP contribution in [0.5, 0.6) is 11.5 Å². The van der Waals surface area contributed by atoms with Gasteiger partial charge >= 0.3 is 10.1 Å². The Morgan fingerprint density at radius 2 is 1.76 bits per heavy atom. The van der Waals surface area contributed by atoms with E-state index in [4.69, 9.17) is 8.92 Å². The van der Waals surface area contributed by atoms with Gasteiger partial charge in [0.2, 0.25) is 0 Å². The van der Waals surface area contributed by atoms with E-state index < -0.39 is 26.2 Å². The van der Waals surface area contributed by atoms with Gasteiger partial charge in [-0.3, -0.25) is 24.6 Å². The van der Waals surface area contributed by atoms with Gasteiger partial charge in [0, 0.05) is 12.1 Å². The van der Waals surface area contributed by atoms with Gasteiger partial charge < -0.3 is 8.92 Å². The Balaban J connectivity index is 1.59. The van der Waals surface area contributed by atoms with Crippen LogP contribution in [0, 0.1) is 13.7 Å². The highest BCUT2D eigenvalue weighted by molar-refractivity contribution is 14.1. The van der Waals surface area contributed by atoms with Crippen molar-refractivity contribution < 1.29 is 31.9 Å². The third-order valence-corrected chi connectivity index (χ3v) is 8.16. The highest BCUT2D eigenvalue weighted by Gasteiger charge is 2.35. The van der Waals surface area contributed by atoms with Crippen LogP contribution >= 0.6 is 34.4 Å². The van der Waals surface area contributed by atoms with Gasteiger partial charge in [-0.1, -0.05) is 30.3 Å². The van der Waals surface area contributed by atoms with Crippen molar-refractivity contribution in [3.8, 4) is 11.5 Å². The molecule has 4 rings (SSSR count). The van der Waals surface area contributed by atoms with E-state index in [0.717, 1.165) is 16.7 Å². The molecule has 1 saturated heterocycles. The van der Waals surface area contributed by atoms with Crippen LogP contribution in [0.1, 0.15) is 18.1 Å². The number of nitrogens with zero attached hydrogens (tertiary/aromatic N) is 2. The van der Waals surface area contributed by atoms with Crippen LogP contribution in [0.4, 0.5) is 10.5 Å². The molecule has 0 radical (unpaired) electrons. The van der Waals surface area contributed by atoms with Crippen LogP contribution in [0.3, 0.4) is 0 Å². The lowest BCUT2D eigenvalue weighted by Gasteiger charge is -2.15. The number of hydrogen-bond donors (Lipinski definition) is 0. The van der Waals surface area contributed by atoms with Crippen LogP contribution in [0.15, 0.2) is 76.5 Å². The first-order chi connectivity index (χ1) is 18.1. The Hall–Kier alpha value is -3.43. The first kappa shape index (κ1) is 27.6. The van der Waals surface area contributed by atoms with E-state index in [0.29, 0.717) is 14.7 Å². The molecule has 1 heterocycles. The second-order valence-corrected chi connectivity index (χ2v) is 11.5. The molecule has 0 aromatic heterocycles. The molecule has 2 amide bonds. The summed E-state index contributed by atoms with van der Waals surface area (Å²) in [5, 5.41) is 10.4. The standard InChI is InChI=1S/C25H19IN2O8S2/c1-2-35-21-13-17(12-20(26)23(21)36-38(33,34)19-6-4-3-5-7-19)14-22-24(29)27(25(30)37-22)15-16-8-10-18(11-9-16)28(31)32/h3-14H,2,15H2,1H3/b22-14-. The van der Waals surface area contributed by atoms with Crippen molar-refractivity contribution in [2.24, 2.45) is 0 Å². The van der Waals surface area contributed by atoms with Crippen LogP contribution in [0.2, 0.25) is 0 Å². The number of halogens is 1. The van der Waals surface area contributed by atoms with Crippen molar-refractivity contribution in [1.29, 1.82) is 0 Å². The molecule has 0 atom stereocenters. The van der Waals surface area contributed by atoms with Crippen LogP contribution in [-0.2, 0) is 21.5 Å². The first-order valence-corrected chi connectivity index (χ1v) is 14.3. The van der Waals surface area contributed by atoms with Crippen molar-refractivity contribution in [2.75, 3.05) is 6.61 Å². The van der Waals surface area contributed by atoms with Crippen LogP contribution in [-0.4, -0.2) is 36.0 Å². The number of amides is 2. The summed E-state index contributed by atoms with van der Waals surface area (Å²) in [6.07, 6.45) is 1.51. The summed E-state index contributed by atoms with van der Waals surface area (Å²) >= 11 is 2.68. The lowest BCUT2D eigenvalue weighted by Crippen LogP contribution is -2.27. The Labute approximate surface area is 236 Å². The van der Waals surface area contributed by atoms with Crippen molar-refractivity contribution in [1.82, 2.24) is 4.90 Å². The van der Waals surface area contributed by atoms with Crippen molar-refractivity contribution in [3.63, 3.8) is 0 Å². The maximum Gasteiger partial charge on any atom is 0.339 e. The second kappa shape index (κ2) is 11.5. The topological polar surface area (TPSA) is 133 Å². The van der Waals surface area contributed by atoms with Gasteiger partial charge in [0.15, 0.2) is 11.5 Å². The molecule has 0 aliphatic carbocycles. The summed E-state index contributed by atoms with van der Waals surface area (Å²) in [6.45, 7) is 1.93. The zero-order valence-corrected chi connectivity index (χ0v) is 23.5. The van der Waals surface area contributed by atoms with Gasteiger partial charge in [-0.2, -0.15) is 8.42 Å². The molecule has 10 nitrogen and oxygen atoms in total. The monoisotopic (exact) mass is 666 g/mol. The number of non-ortho nitro benzene ring substituents is 1. The average molecular weight is 666 g/mol. The minimum absolute atomic E-state index is 0.0102. The Morgan fingerprint density at radius 3 is 2.39 bits per heavy atom. The Bertz CT molecular complexity index is 1540. The van der Waals surface area contributed by atoms with Crippen molar-refractivity contribution >= 4 is 67.4 Å². The highest BCUT2D eigenvalue weighted by atomic mass is 127. The summed E-state index contributed by atoms with van der Waals surface area (Å²) < 4.78 is 37.0. The van der Waals surface area contributed by atoms with Crippen molar-refractivity contribution in [3.05, 3.63) is 96.4 Å². The predicted molar refractivity (Wildman–Crippen MR) is 149 cm³/mol. The lowest BCUT2D eigenvalue weighted by molar-refractivity contribution is -0.384. The quantitative estimate of drug-likeness (QED) is 0.0941. The molecule has 0 bridgehead atoms. The summed E-state index contributed by atoms with van der Waals surface area (Å²) in [5.74, 6) is -0.340. The first-order valence-electron chi connectivity index (χ1n) is 11.0. The molecule has 0 N–H and O–H groups in total. The van der Waals surface area contributed by atoms with Gasteiger partial charge in [0.1, 0.15) is 4.90 Å². The third kappa shape index (κ3) is 6.16. The van der Waals surface area contributed by atoms with Crippen molar-refractivity contribution in [2.45, 2.75) is 18.4 Å². The molecule has 1 aliphatic rings. The van der Waals surface area contributed by atoms with Gasteiger partial charge in [-0.05, 0) is 82.7 Å². The average Bonchev–Trinajstić information content (AvgIpc) is 3.14. The fourth-order valence-electron chi connectivity index (χ4n) is 3.45. The fourth-order valence-corrected chi connectivity index (χ4v) is 6.15. The van der Waals surface area contributed by atoms with E-state index >= 15 is 0 Å². The molecular formula is C25H19IN2O8S2. The second-order valence-electron chi connectivity index (χ2n) is 7.80. The largest absolute Gasteiger partial charge is 0.490 e. The van der Waals surface area contributed by atoms with Crippen LogP contribution in [0.25, 0.3) is 6.08 Å². The number of carbonyl (C=O) groups is 2. The maximum absolute atomic E-state index is 13.0. The summed E-state index contributed by atoms with van der Waals surface area (Å²) in [4.78, 5) is 37.1. The number of nitro groups is 1. The summed E-state index contributed by atoms with van der Waals surface area (Å²) in [5.41, 5.74) is 0.975. The van der Waals surface area contributed by atoms with E-state index in [9.17, 15) is 28.1 Å². The molecule has 3 aromatic carbocycles. The number of ether oxygens (including phenoxy) is 1. The van der Waals surface area contributed by atoms with Gasteiger partial charge in [-0.15, -0.1) is 0 Å². The number of rotatable bonds is 9. The molecule has 196 valence electrons. The molecule has 0 spiro atoms. The van der Waals surface area contributed by atoms with Gasteiger partial charge in [0.05, 0.1) is 26.6 Å². The number of imide groups is 1. The lowest BCUT2D eigenvalue weighted by atomic mass is 10.1. The Morgan fingerprint density at radius 1 is 1.08 bits per heavy atom. The normalized spacial score (nSPS) is 14.7. The summed E-state index contributed by atoms with van der Waals surface area (Å²) in [6, 6.07) is 16.4. The maximum atomic E-state index is 13.0. The number of hydrogen-bond acceptors (Lipinski definition) is 9. The zero-order valence-electron chi connectivity index (χ0n) is 19.7. The fraction of sp³-hybridized carbons (Fsp3) is 0.120. The Kier molecular flexibility index (Phi) is 8.38. The van der Waals surface area contributed by atoms with E-state index in [1.807, 2.05) is 22.6 Å². The molecule has 0 unspecified atom stereocenters. The molecule has 38 heavy (non-hydrogen) atoms. The summed E-state index contributed by atoms with van der Waals surface area (Å²) in [7, 11) is -4.12. The van der Waals surface area contributed by atoms with E-state index in [-0.39, 0.29) is 40.1 Å².